The number of benzene rings is 1. The lowest BCUT2D eigenvalue weighted by molar-refractivity contribution is 0.219. The van der Waals surface area contributed by atoms with Crippen molar-refractivity contribution in [2.45, 2.75) is 38.3 Å². The standard InChI is InChI=1S/C24H25F2N5O2/c1-14(9-17-20(25)3-2-4-21(17)26)33-23-22-18(11-29-24(23)27)19(13-32-22)15-10-30-31(12-15)16-5-7-28-8-6-16/h2-4,10-14,16,28H,5-9H2,1H3,(H2,27,29). The van der Waals surface area contributed by atoms with Gasteiger partial charge in [0.1, 0.15) is 24.0 Å². The van der Waals surface area contributed by atoms with E-state index in [1.165, 1.54) is 18.2 Å². The minimum atomic E-state index is -0.610. The number of anilines is 1. The molecular formula is C24H25F2N5O2. The molecule has 0 aliphatic carbocycles. The molecule has 1 aromatic carbocycles. The molecule has 0 radical (unpaired) electrons. The molecule has 1 aliphatic rings. The summed E-state index contributed by atoms with van der Waals surface area (Å²) < 4.78 is 41.9. The molecule has 4 aromatic rings. The predicted molar refractivity (Wildman–Crippen MR) is 121 cm³/mol. The molecular weight excluding hydrogens is 428 g/mol. The molecule has 5 rings (SSSR count). The van der Waals surface area contributed by atoms with E-state index in [0.29, 0.717) is 11.6 Å². The van der Waals surface area contributed by atoms with Crippen LogP contribution in [0.3, 0.4) is 0 Å². The number of piperidine rings is 1. The van der Waals surface area contributed by atoms with Gasteiger partial charge in [-0.3, -0.25) is 4.68 Å². The molecule has 4 heterocycles. The molecule has 172 valence electrons. The van der Waals surface area contributed by atoms with Crippen molar-refractivity contribution in [2.24, 2.45) is 0 Å². The number of hydrogen-bond donors (Lipinski definition) is 2. The van der Waals surface area contributed by atoms with Crippen molar-refractivity contribution in [3.63, 3.8) is 0 Å². The number of fused-ring (bicyclic) bond motifs is 1. The fourth-order valence-corrected chi connectivity index (χ4v) is 4.32. The topological polar surface area (TPSA) is 91.1 Å². The third-order valence-electron chi connectivity index (χ3n) is 6.07. The number of hydrogen-bond acceptors (Lipinski definition) is 6. The summed E-state index contributed by atoms with van der Waals surface area (Å²) in [6, 6.07) is 4.15. The molecule has 1 atom stereocenters. The minimum absolute atomic E-state index is 0.0327. The number of ether oxygens (including phenoxy) is 1. The van der Waals surface area contributed by atoms with Crippen molar-refractivity contribution >= 4 is 16.8 Å². The molecule has 1 unspecified atom stereocenters. The Kier molecular flexibility index (Phi) is 5.72. The minimum Gasteiger partial charge on any atom is -0.483 e. The van der Waals surface area contributed by atoms with E-state index in [2.05, 4.69) is 15.4 Å². The van der Waals surface area contributed by atoms with Gasteiger partial charge in [0.15, 0.2) is 11.4 Å². The van der Waals surface area contributed by atoms with Gasteiger partial charge in [-0.1, -0.05) is 6.07 Å². The molecule has 1 fully saturated rings. The highest BCUT2D eigenvalue weighted by Gasteiger charge is 2.22. The first-order valence-corrected chi connectivity index (χ1v) is 11.0. The summed E-state index contributed by atoms with van der Waals surface area (Å²) in [6.45, 7) is 3.68. The lowest BCUT2D eigenvalue weighted by Gasteiger charge is -2.22. The average molecular weight is 453 g/mol. The van der Waals surface area contributed by atoms with E-state index in [1.807, 2.05) is 17.1 Å². The SMILES string of the molecule is CC(Cc1c(F)cccc1F)Oc1c(N)ncc2c(-c3cnn(C4CCNCC4)c3)coc12. The first-order chi connectivity index (χ1) is 16.0. The largest absolute Gasteiger partial charge is 0.483 e. The number of furan rings is 1. The Bertz CT molecular complexity index is 1260. The molecule has 7 nitrogen and oxygen atoms in total. The molecule has 1 aliphatic heterocycles. The summed E-state index contributed by atoms with van der Waals surface area (Å²) in [7, 11) is 0. The number of aromatic nitrogens is 3. The van der Waals surface area contributed by atoms with Gasteiger partial charge < -0.3 is 20.2 Å². The number of rotatable bonds is 6. The fraction of sp³-hybridized carbons (Fsp3) is 0.333. The third-order valence-corrected chi connectivity index (χ3v) is 6.07. The molecule has 0 bridgehead atoms. The highest BCUT2D eigenvalue weighted by atomic mass is 19.1. The van der Waals surface area contributed by atoms with Gasteiger partial charge in [-0.2, -0.15) is 5.10 Å². The molecule has 9 heteroatoms. The molecule has 0 saturated carbocycles. The normalized spacial score (nSPS) is 15.7. The number of nitrogen functional groups attached to an aromatic ring is 1. The average Bonchev–Trinajstić information content (AvgIpc) is 3.46. The van der Waals surface area contributed by atoms with E-state index in [-0.39, 0.29) is 23.6 Å². The number of halogens is 2. The van der Waals surface area contributed by atoms with Crippen molar-refractivity contribution in [2.75, 3.05) is 18.8 Å². The molecule has 3 aromatic heterocycles. The van der Waals surface area contributed by atoms with Crippen LogP contribution in [0.4, 0.5) is 14.6 Å². The quantitative estimate of drug-likeness (QED) is 0.447. The van der Waals surface area contributed by atoms with Crippen LogP contribution < -0.4 is 15.8 Å². The Hall–Kier alpha value is -3.46. The first kappa shape index (κ1) is 21.4. The van der Waals surface area contributed by atoms with Gasteiger partial charge in [0.05, 0.1) is 17.6 Å². The highest BCUT2D eigenvalue weighted by Crippen LogP contribution is 2.38. The van der Waals surface area contributed by atoms with Crippen LogP contribution in [0.2, 0.25) is 0 Å². The lowest BCUT2D eigenvalue weighted by Crippen LogP contribution is -2.29. The Morgan fingerprint density at radius 3 is 2.76 bits per heavy atom. The highest BCUT2D eigenvalue weighted by molar-refractivity contribution is 5.97. The van der Waals surface area contributed by atoms with Crippen LogP contribution in [0.15, 0.2) is 47.5 Å². The molecule has 33 heavy (non-hydrogen) atoms. The van der Waals surface area contributed by atoms with E-state index >= 15 is 0 Å². The van der Waals surface area contributed by atoms with E-state index in [4.69, 9.17) is 14.9 Å². The zero-order chi connectivity index (χ0) is 22.9. The van der Waals surface area contributed by atoms with Gasteiger partial charge in [0, 0.05) is 35.5 Å². The summed E-state index contributed by atoms with van der Waals surface area (Å²) in [4.78, 5) is 4.27. The molecule has 0 amide bonds. The van der Waals surface area contributed by atoms with Crippen LogP contribution in [0.1, 0.15) is 31.4 Å². The Labute approximate surface area is 189 Å². The van der Waals surface area contributed by atoms with E-state index in [1.54, 1.807) is 19.4 Å². The molecule has 0 spiro atoms. The maximum absolute atomic E-state index is 14.0. The van der Waals surface area contributed by atoms with Crippen LogP contribution in [-0.2, 0) is 6.42 Å². The predicted octanol–water partition coefficient (Wildman–Crippen LogP) is 4.49. The third kappa shape index (κ3) is 4.16. The van der Waals surface area contributed by atoms with Crippen molar-refractivity contribution < 1.29 is 17.9 Å². The van der Waals surface area contributed by atoms with Gasteiger partial charge >= 0.3 is 0 Å². The monoisotopic (exact) mass is 453 g/mol. The maximum atomic E-state index is 14.0. The zero-order valence-corrected chi connectivity index (χ0v) is 18.2. The lowest BCUT2D eigenvalue weighted by atomic mass is 10.1. The van der Waals surface area contributed by atoms with Crippen LogP contribution in [0.25, 0.3) is 22.1 Å². The van der Waals surface area contributed by atoms with Gasteiger partial charge in [-0.15, -0.1) is 0 Å². The van der Waals surface area contributed by atoms with E-state index in [0.717, 1.165) is 42.4 Å². The van der Waals surface area contributed by atoms with Gasteiger partial charge in [0.25, 0.3) is 0 Å². The van der Waals surface area contributed by atoms with E-state index < -0.39 is 17.7 Å². The van der Waals surface area contributed by atoms with E-state index in [9.17, 15) is 8.78 Å². The van der Waals surface area contributed by atoms with Crippen molar-refractivity contribution in [3.05, 3.63) is 60.3 Å². The number of pyridine rings is 1. The second kappa shape index (κ2) is 8.82. The Balaban J connectivity index is 1.42. The number of nitrogens with one attached hydrogen (secondary N) is 1. The Morgan fingerprint density at radius 2 is 2.00 bits per heavy atom. The van der Waals surface area contributed by atoms with Gasteiger partial charge in [0.2, 0.25) is 5.75 Å². The smallest absolute Gasteiger partial charge is 0.205 e. The number of nitrogens with two attached hydrogens (primary N) is 1. The van der Waals surface area contributed by atoms with Crippen LogP contribution >= 0.6 is 0 Å². The van der Waals surface area contributed by atoms with Crippen molar-refractivity contribution in [1.29, 1.82) is 0 Å². The summed E-state index contributed by atoms with van der Waals surface area (Å²) in [5, 5.41) is 8.64. The summed E-state index contributed by atoms with van der Waals surface area (Å²) >= 11 is 0. The second-order valence-electron chi connectivity index (χ2n) is 8.39. The Morgan fingerprint density at radius 1 is 1.24 bits per heavy atom. The molecule has 3 N–H and O–H groups in total. The zero-order valence-electron chi connectivity index (χ0n) is 18.2. The van der Waals surface area contributed by atoms with Gasteiger partial charge in [-0.25, -0.2) is 13.8 Å². The maximum Gasteiger partial charge on any atom is 0.205 e. The summed E-state index contributed by atoms with van der Waals surface area (Å²) in [5.41, 5.74) is 8.21. The van der Waals surface area contributed by atoms with Crippen LogP contribution in [0.5, 0.6) is 5.75 Å². The van der Waals surface area contributed by atoms with Crippen molar-refractivity contribution in [1.82, 2.24) is 20.1 Å². The first-order valence-electron chi connectivity index (χ1n) is 11.0. The fourth-order valence-electron chi connectivity index (χ4n) is 4.32. The molecule has 1 saturated heterocycles. The van der Waals surface area contributed by atoms with Crippen LogP contribution in [-0.4, -0.2) is 34.0 Å². The van der Waals surface area contributed by atoms with Crippen LogP contribution in [0, 0.1) is 11.6 Å². The summed E-state index contributed by atoms with van der Waals surface area (Å²) in [5.74, 6) is -0.815. The van der Waals surface area contributed by atoms with Gasteiger partial charge in [-0.05, 0) is 45.0 Å². The van der Waals surface area contributed by atoms with Crippen molar-refractivity contribution in [3.8, 4) is 16.9 Å². The number of nitrogens with zero attached hydrogens (tertiary/aromatic N) is 3. The second-order valence-corrected chi connectivity index (χ2v) is 8.39. The summed E-state index contributed by atoms with van der Waals surface area (Å²) in [6.07, 6.45) is 8.62.